The average molecular weight is 274 g/mol. The Balaban J connectivity index is 2.00. The number of rotatable bonds is 5. The largest absolute Gasteiger partial charge is 0.367 e. The highest BCUT2D eigenvalue weighted by atomic mass is 16.1. The van der Waals surface area contributed by atoms with Crippen molar-refractivity contribution in [2.24, 2.45) is 5.73 Å². The van der Waals surface area contributed by atoms with E-state index in [2.05, 4.69) is 20.5 Å². The lowest BCUT2D eigenvalue weighted by atomic mass is 10.1. The Bertz CT molecular complexity index is 577. The van der Waals surface area contributed by atoms with Gasteiger partial charge in [0.1, 0.15) is 5.82 Å². The van der Waals surface area contributed by atoms with Crippen molar-refractivity contribution in [2.45, 2.75) is 19.4 Å². The molecule has 1 aromatic heterocycles. The normalized spacial score (nSPS) is 12.1. The lowest BCUT2D eigenvalue weighted by Gasteiger charge is -2.11. The first-order valence-electron chi connectivity index (χ1n) is 6.38. The van der Waals surface area contributed by atoms with E-state index in [1.54, 1.807) is 19.1 Å². The fourth-order valence-electron chi connectivity index (χ4n) is 1.82. The summed E-state index contributed by atoms with van der Waals surface area (Å²) in [5, 5.41) is 9.23. The van der Waals surface area contributed by atoms with E-state index in [0.29, 0.717) is 17.9 Å². The van der Waals surface area contributed by atoms with Crippen molar-refractivity contribution in [3.63, 3.8) is 0 Å². The molecule has 20 heavy (non-hydrogen) atoms. The number of nitrogen functional groups attached to an aromatic ring is 1. The lowest BCUT2D eigenvalue weighted by Crippen LogP contribution is -2.27. The topological polar surface area (TPSA) is 123 Å². The van der Waals surface area contributed by atoms with Gasteiger partial charge in [-0.15, -0.1) is 5.10 Å². The van der Waals surface area contributed by atoms with Gasteiger partial charge >= 0.3 is 0 Å². The summed E-state index contributed by atoms with van der Waals surface area (Å²) in [6.45, 7) is 2.40. The van der Waals surface area contributed by atoms with Crippen LogP contribution in [0.25, 0.3) is 0 Å². The molecular weight excluding hydrogens is 256 g/mol. The molecule has 7 heteroatoms. The molecule has 2 aromatic rings. The van der Waals surface area contributed by atoms with E-state index in [1.807, 2.05) is 12.1 Å². The van der Waals surface area contributed by atoms with Gasteiger partial charge in [0.05, 0.1) is 6.04 Å². The molecule has 0 saturated carbocycles. The Morgan fingerprint density at radius 1 is 1.40 bits per heavy atom. The number of hydrogen-bond acceptors (Lipinski definition) is 5. The maximum absolute atomic E-state index is 12.1. The number of amides is 1. The lowest BCUT2D eigenvalue weighted by molar-refractivity contribution is 0.0938. The number of nitrogens with one attached hydrogen (secondary N) is 2. The molecule has 0 fully saturated rings. The van der Waals surface area contributed by atoms with E-state index in [1.165, 1.54) is 0 Å². The Kier molecular flexibility index (Phi) is 4.31. The number of aromatic amines is 1. The smallest absolute Gasteiger partial charge is 0.251 e. The zero-order valence-electron chi connectivity index (χ0n) is 11.3. The Morgan fingerprint density at radius 3 is 2.65 bits per heavy atom. The molecule has 0 unspecified atom stereocenters. The molecule has 1 aromatic carbocycles. The molecule has 1 heterocycles. The van der Waals surface area contributed by atoms with Gasteiger partial charge in [0, 0.05) is 5.56 Å². The molecule has 2 rings (SSSR count). The Labute approximate surface area is 116 Å². The predicted octanol–water partition coefficient (Wildman–Crippen LogP) is 0.379. The minimum absolute atomic E-state index is 0.159. The van der Waals surface area contributed by atoms with Crippen LogP contribution in [0.4, 0.5) is 5.95 Å². The molecule has 0 saturated heterocycles. The first kappa shape index (κ1) is 14.0. The number of carbonyl (C=O) groups excluding carboxylic acids is 1. The SMILES string of the molecule is C[C@H](NC(=O)c1ccc(CCN)cc1)c1nc(N)n[nH]1. The van der Waals surface area contributed by atoms with Crippen molar-refractivity contribution < 1.29 is 4.79 Å². The summed E-state index contributed by atoms with van der Waals surface area (Å²) in [5.74, 6) is 0.509. The van der Waals surface area contributed by atoms with Crippen LogP contribution in [0.5, 0.6) is 0 Å². The highest BCUT2D eigenvalue weighted by Crippen LogP contribution is 2.10. The van der Waals surface area contributed by atoms with Crippen LogP contribution in [-0.4, -0.2) is 27.6 Å². The van der Waals surface area contributed by atoms with Gasteiger partial charge in [0.25, 0.3) is 5.91 Å². The second-order valence-electron chi connectivity index (χ2n) is 4.51. The van der Waals surface area contributed by atoms with E-state index in [9.17, 15) is 4.79 Å². The van der Waals surface area contributed by atoms with Crippen molar-refractivity contribution in [3.8, 4) is 0 Å². The van der Waals surface area contributed by atoms with Gasteiger partial charge in [0.2, 0.25) is 5.95 Å². The van der Waals surface area contributed by atoms with Gasteiger partial charge < -0.3 is 16.8 Å². The molecule has 0 bridgehead atoms. The zero-order chi connectivity index (χ0) is 14.5. The second-order valence-corrected chi connectivity index (χ2v) is 4.51. The van der Waals surface area contributed by atoms with E-state index < -0.39 is 0 Å². The van der Waals surface area contributed by atoms with Crippen LogP contribution < -0.4 is 16.8 Å². The molecular formula is C13H18N6O. The third-order valence-electron chi connectivity index (χ3n) is 2.93. The molecule has 6 N–H and O–H groups in total. The number of anilines is 1. The zero-order valence-corrected chi connectivity index (χ0v) is 11.3. The van der Waals surface area contributed by atoms with Crippen LogP contribution in [0, 0.1) is 0 Å². The molecule has 7 nitrogen and oxygen atoms in total. The molecule has 0 spiro atoms. The minimum Gasteiger partial charge on any atom is -0.367 e. The van der Waals surface area contributed by atoms with Crippen LogP contribution in [0.15, 0.2) is 24.3 Å². The first-order chi connectivity index (χ1) is 9.60. The van der Waals surface area contributed by atoms with E-state index in [-0.39, 0.29) is 17.9 Å². The predicted molar refractivity (Wildman–Crippen MR) is 75.9 cm³/mol. The van der Waals surface area contributed by atoms with Crippen LogP contribution in [0.2, 0.25) is 0 Å². The van der Waals surface area contributed by atoms with Crippen LogP contribution >= 0.6 is 0 Å². The summed E-state index contributed by atoms with van der Waals surface area (Å²) in [4.78, 5) is 16.1. The van der Waals surface area contributed by atoms with Crippen molar-refractivity contribution in [1.82, 2.24) is 20.5 Å². The maximum Gasteiger partial charge on any atom is 0.251 e. The van der Waals surface area contributed by atoms with Gasteiger partial charge in [-0.05, 0) is 37.6 Å². The number of nitrogens with zero attached hydrogens (tertiary/aromatic N) is 2. The number of benzene rings is 1. The van der Waals surface area contributed by atoms with Crippen molar-refractivity contribution in [2.75, 3.05) is 12.3 Å². The standard InChI is InChI=1S/C13H18N6O/c1-8(11-17-13(15)19-18-11)16-12(20)10-4-2-9(3-5-10)6-7-14/h2-5,8H,6-7,14H2,1H3,(H,16,20)(H3,15,17,18,19)/t8-/m0/s1. The first-order valence-corrected chi connectivity index (χ1v) is 6.38. The van der Waals surface area contributed by atoms with Crippen molar-refractivity contribution in [3.05, 3.63) is 41.2 Å². The third-order valence-corrected chi connectivity index (χ3v) is 2.93. The molecule has 0 aliphatic rings. The summed E-state index contributed by atoms with van der Waals surface area (Å²) in [6.07, 6.45) is 0.801. The van der Waals surface area contributed by atoms with E-state index >= 15 is 0 Å². The quantitative estimate of drug-likeness (QED) is 0.627. The number of carbonyl (C=O) groups is 1. The average Bonchev–Trinajstić information content (AvgIpc) is 2.86. The molecule has 0 aliphatic heterocycles. The van der Waals surface area contributed by atoms with E-state index in [4.69, 9.17) is 11.5 Å². The summed E-state index contributed by atoms with van der Waals surface area (Å²) < 4.78 is 0. The number of nitrogens with two attached hydrogens (primary N) is 2. The highest BCUT2D eigenvalue weighted by molar-refractivity contribution is 5.94. The summed E-state index contributed by atoms with van der Waals surface area (Å²) >= 11 is 0. The van der Waals surface area contributed by atoms with Crippen LogP contribution in [0.1, 0.15) is 34.7 Å². The van der Waals surface area contributed by atoms with Gasteiger partial charge in [-0.1, -0.05) is 12.1 Å². The summed E-state index contributed by atoms with van der Waals surface area (Å²) in [6, 6.07) is 7.07. The molecule has 0 radical (unpaired) electrons. The fraction of sp³-hybridized carbons (Fsp3) is 0.308. The number of H-pyrrole nitrogens is 1. The van der Waals surface area contributed by atoms with E-state index in [0.717, 1.165) is 12.0 Å². The van der Waals surface area contributed by atoms with Crippen LogP contribution in [0.3, 0.4) is 0 Å². The molecule has 106 valence electrons. The highest BCUT2D eigenvalue weighted by Gasteiger charge is 2.14. The number of aromatic nitrogens is 3. The maximum atomic E-state index is 12.1. The molecule has 1 atom stereocenters. The Morgan fingerprint density at radius 2 is 2.10 bits per heavy atom. The monoisotopic (exact) mass is 274 g/mol. The van der Waals surface area contributed by atoms with Crippen molar-refractivity contribution in [1.29, 1.82) is 0 Å². The summed E-state index contributed by atoms with van der Waals surface area (Å²) in [7, 11) is 0. The number of hydrogen-bond donors (Lipinski definition) is 4. The van der Waals surface area contributed by atoms with Gasteiger partial charge in [0.15, 0.2) is 0 Å². The third kappa shape index (κ3) is 3.33. The Hall–Kier alpha value is -2.41. The van der Waals surface area contributed by atoms with Gasteiger partial charge in [-0.2, -0.15) is 4.98 Å². The second kappa shape index (κ2) is 6.16. The van der Waals surface area contributed by atoms with Crippen LogP contribution in [-0.2, 0) is 6.42 Å². The van der Waals surface area contributed by atoms with Gasteiger partial charge in [-0.3, -0.25) is 9.89 Å². The molecule has 0 aliphatic carbocycles. The fourth-order valence-corrected chi connectivity index (χ4v) is 1.82. The van der Waals surface area contributed by atoms with Crippen molar-refractivity contribution >= 4 is 11.9 Å². The summed E-state index contributed by atoms with van der Waals surface area (Å²) in [5.41, 5.74) is 12.6. The minimum atomic E-state index is -0.295. The van der Waals surface area contributed by atoms with Gasteiger partial charge in [-0.25, -0.2) is 0 Å². The molecule has 1 amide bonds.